The largest absolute Gasteiger partial charge is 0.507 e. The van der Waals surface area contributed by atoms with E-state index in [2.05, 4.69) is 127 Å². The molecule has 2 heterocycles. The smallest absolute Gasteiger partial charge is 0.149 e. The molecule has 0 saturated heterocycles. The number of para-hydroxylation sites is 1. The summed E-state index contributed by atoms with van der Waals surface area (Å²) in [5.74, 6) is 0.924. The Morgan fingerprint density at radius 3 is 1.97 bits per heavy atom. The van der Waals surface area contributed by atoms with Crippen LogP contribution in [0.1, 0.15) is 114 Å². The van der Waals surface area contributed by atoms with Gasteiger partial charge in [0.1, 0.15) is 11.6 Å². The summed E-state index contributed by atoms with van der Waals surface area (Å²) < 4.78 is 71.7. The number of benzene rings is 6. The van der Waals surface area contributed by atoms with Gasteiger partial charge in [-0.2, -0.15) is 0 Å². The first-order chi connectivity index (χ1) is 31.9. The molecule has 0 saturated carbocycles. The lowest BCUT2D eigenvalue weighted by Crippen LogP contribution is -2.12. The summed E-state index contributed by atoms with van der Waals surface area (Å²) in [7, 11) is 0. The van der Waals surface area contributed by atoms with Crippen molar-refractivity contribution in [3.05, 3.63) is 168 Å². The lowest BCUT2D eigenvalue weighted by molar-refractivity contribution is 0.466. The van der Waals surface area contributed by atoms with E-state index < -0.39 is 47.8 Å². The molecular formula is C56H57N3O. The van der Waals surface area contributed by atoms with Gasteiger partial charge in [-0.05, 0) is 121 Å². The van der Waals surface area contributed by atoms with Crippen LogP contribution in [-0.4, -0.2) is 19.6 Å². The van der Waals surface area contributed by atoms with E-state index in [1.165, 1.54) is 0 Å². The number of aromatic hydroxyl groups is 1. The average Bonchev–Trinajstić information content (AvgIpc) is 3.69. The number of rotatable bonds is 8. The van der Waals surface area contributed by atoms with Gasteiger partial charge in [0.2, 0.25) is 0 Å². The summed E-state index contributed by atoms with van der Waals surface area (Å²) in [5.41, 5.74) is 9.67. The first-order valence-corrected chi connectivity index (χ1v) is 20.7. The maximum atomic E-state index is 12.3. The Hall–Kier alpha value is -6.26. The van der Waals surface area contributed by atoms with Gasteiger partial charge in [-0.1, -0.05) is 160 Å². The Labute approximate surface area is 367 Å². The number of nitrogens with zero attached hydrogens (tertiary/aromatic N) is 3. The van der Waals surface area contributed by atoms with Gasteiger partial charge in [0.25, 0.3) is 0 Å². The molecule has 1 N–H and O–H groups in total. The highest BCUT2D eigenvalue weighted by atomic mass is 16.3. The third-order valence-electron chi connectivity index (χ3n) is 11.3. The van der Waals surface area contributed by atoms with Crippen LogP contribution < -0.4 is 0 Å². The first-order valence-electron chi connectivity index (χ1n) is 24.7. The van der Waals surface area contributed by atoms with E-state index in [1.807, 2.05) is 48.5 Å². The van der Waals surface area contributed by atoms with E-state index >= 15 is 0 Å². The highest BCUT2D eigenvalue weighted by molar-refractivity contribution is 5.97. The van der Waals surface area contributed by atoms with Crippen LogP contribution in [0.15, 0.2) is 146 Å². The second-order valence-electron chi connectivity index (χ2n) is 18.4. The minimum absolute atomic E-state index is 0.0261. The molecule has 8 aromatic rings. The zero-order valence-corrected chi connectivity index (χ0v) is 36.2. The molecule has 0 bridgehead atoms. The van der Waals surface area contributed by atoms with Crippen LogP contribution in [-0.2, 0) is 10.8 Å². The molecule has 8 rings (SSSR count). The monoisotopic (exact) mass is 796 g/mol. The van der Waals surface area contributed by atoms with Crippen molar-refractivity contribution >= 4 is 11.0 Å². The SMILES string of the molecule is [2H]c1nc(-c2cc(-c3cccc4c3nc(-c3cc(C(C)C)cc(C(C)C)c3O)n4-c3cc(-c4ccccc4)cc(C(C)(C)C)c3)cc(C(C)(C)C)c2)c([2H])c(-c2c([2H])c([2H])c([2H])c([2H])c2[2H])c1[2H]. The van der Waals surface area contributed by atoms with Crippen LogP contribution in [0.5, 0.6) is 5.75 Å². The van der Waals surface area contributed by atoms with E-state index in [4.69, 9.17) is 14.6 Å². The maximum Gasteiger partial charge on any atom is 0.149 e. The van der Waals surface area contributed by atoms with Crippen molar-refractivity contribution in [3.8, 4) is 67.5 Å². The van der Waals surface area contributed by atoms with Crippen LogP contribution in [0.3, 0.4) is 0 Å². The summed E-state index contributed by atoms with van der Waals surface area (Å²) in [6, 6.07) is 29.2. The number of hydrogen-bond acceptors (Lipinski definition) is 3. The van der Waals surface area contributed by atoms with Gasteiger partial charge in [-0.3, -0.25) is 9.55 Å². The minimum Gasteiger partial charge on any atom is -0.507 e. The second kappa shape index (κ2) is 15.7. The molecular weight excluding hydrogens is 731 g/mol. The van der Waals surface area contributed by atoms with E-state index in [0.717, 1.165) is 55.7 Å². The van der Waals surface area contributed by atoms with E-state index in [9.17, 15) is 6.48 Å². The molecule has 60 heavy (non-hydrogen) atoms. The molecule has 0 spiro atoms. The molecule has 0 aliphatic heterocycles. The van der Waals surface area contributed by atoms with Gasteiger partial charge in [0.15, 0.2) is 0 Å². The normalized spacial score (nSPS) is 14.1. The Kier molecular flexibility index (Phi) is 8.29. The summed E-state index contributed by atoms with van der Waals surface area (Å²) >= 11 is 0. The van der Waals surface area contributed by atoms with Gasteiger partial charge in [0, 0.05) is 23.0 Å². The first kappa shape index (κ1) is 31.6. The van der Waals surface area contributed by atoms with Gasteiger partial charge >= 0.3 is 0 Å². The van der Waals surface area contributed by atoms with Crippen LogP contribution in [0.25, 0.3) is 72.7 Å². The predicted octanol–water partition coefficient (Wildman–Crippen LogP) is 15.3. The Balaban J connectivity index is 1.47. The van der Waals surface area contributed by atoms with E-state index in [1.54, 1.807) is 0 Å². The number of phenolic OH excluding ortho intramolecular Hbond substituents is 1. The average molecular weight is 796 g/mol. The quantitative estimate of drug-likeness (QED) is 0.167. The zero-order chi connectivity index (χ0) is 49.5. The fourth-order valence-electron chi connectivity index (χ4n) is 7.68. The molecule has 0 aliphatic carbocycles. The number of pyridine rings is 1. The van der Waals surface area contributed by atoms with Gasteiger partial charge in [-0.25, -0.2) is 4.98 Å². The van der Waals surface area contributed by atoms with Crippen molar-refractivity contribution in [2.75, 3.05) is 0 Å². The Bertz CT molecular complexity index is 3280. The molecule has 0 amide bonds. The van der Waals surface area contributed by atoms with Gasteiger partial charge in [-0.15, -0.1) is 0 Å². The molecule has 6 aromatic carbocycles. The number of aromatic nitrogens is 3. The molecule has 302 valence electrons. The molecule has 4 heteroatoms. The molecule has 0 radical (unpaired) electrons. The van der Waals surface area contributed by atoms with Crippen molar-refractivity contribution in [3.63, 3.8) is 0 Å². The van der Waals surface area contributed by atoms with Gasteiger partial charge < -0.3 is 5.11 Å². The van der Waals surface area contributed by atoms with Crippen LogP contribution in [0.4, 0.5) is 0 Å². The summed E-state index contributed by atoms with van der Waals surface area (Å²) in [6.07, 6.45) is -0.498. The molecule has 2 aromatic heterocycles. The summed E-state index contributed by atoms with van der Waals surface area (Å²) in [6.45, 7) is 21.3. The number of imidazole rings is 1. The molecule has 0 aliphatic rings. The second-order valence-corrected chi connectivity index (χ2v) is 18.4. The lowest BCUT2D eigenvalue weighted by Gasteiger charge is -2.23. The van der Waals surface area contributed by atoms with Crippen molar-refractivity contribution in [2.24, 2.45) is 0 Å². The summed E-state index contributed by atoms with van der Waals surface area (Å²) in [4.78, 5) is 10.0. The third kappa shape index (κ3) is 7.91. The highest BCUT2D eigenvalue weighted by Crippen LogP contribution is 2.44. The predicted molar refractivity (Wildman–Crippen MR) is 253 cm³/mol. The Morgan fingerprint density at radius 1 is 0.600 bits per heavy atom. The van der Waals surface area contributed by atoms with Crippen molar-refractivity contribution in [1.29, 1.82) is 0 Å². The Morgan fingerprint density at radius 2 is 1.28 bits per heavy atom. The molecule has 4 nitrogen and oxygen atoms in total. The third-order valence-corrected chi connectivity index (χ3v) is 11.3. The lowest BCUT2D eigenvalue weighted by atomic mass is 9.83. The fraction of sp³-hybridized carbons (Fsp3) is 0.250. The van der Waals surface area contributed by atoms with Crippen LogP contribution >= 0.6 is 0 Å². The van der Waals surface area contributed by atoms with Crippen LogP contribution in [0, 0.1) is 0 Å². The highest BCUT2D eigenvalue weighted by Gasteiger charge is 2.26. The van der Waals surface area contributed by atoms with Crippen LogP contribution in [0.2, 0.25) is 0 Å². The summed E-state index contributed by atoms with van der Waals surface area (Å²) in [5, 5.41) is 12.3. The molecule has 0 fully saturated rings. The number of hydrogen-bond donors (Lipinski definition) is 1. The standard InChI is InChI=1S/C56H57N3O/c1-35(2)40-31-48(36(3)4)53(60)49(32-40)54-58-52-47(22-17-23-51(52)59(54)46-30-41(38-20-15-12-16-21-38)27-45(34-46)56(8,9)10)42-26-43(29-44(28-42)55(5,6)7)50-33-39(24-25-57-50)37-18-13-11-14-19-37/h11-36,60H,1-10H3/i11D,13D,14D,18D,19D,24D,25D,33D. The zero-order valence-electron chi connectivity index (χ0n) is 44.2. The fourth-order valence-corrected chi connectivity index (χ4v) is 7.68. The van der Waals surface area contributed by atoms with E-state index in [0.29, 0.717) is 22.5 Å². The van der Waals surface area contributed by atoms with E-state index in [-0.39, 0.29) is 45.9 Å². The topological polar surface area (TPSA) is 50.9 Å². The van der Waals surface area contributed by atoms with Gasteiger partial charge in [0.05, 0.1) is 33.3 Å². The van der Waals surface area contributed by atoms with Crippen molar-refractivity contribution in [1.82, 2.24) is 14.5 Å². The minimum atomic E-state index is -0.597. The van der Waals surface area contributed by atoms with Crippen molar-refractivity contribution < 1.29 is 16.1 Å². The molecule has 0 atom stereocenters. The van der Waals surface area contributed by atoms with Crippen molar-refractivity contribution in [2.45, 2.75) is 91.9 Å². The maximum absolute atomic E-state index is 12.3. The number of fused-ring (bicyclic) bond motifs is 1. The number of phenols is 1. The molecule has 0 unspecified atom stereocenters.